The van der Waals surface area contributed by atoms with Crippen LogP contribution < -0.4 is 10.1 Å². The Hall–Kier alpha value is -1.17. The van der Waals surface area contributed by atoms with Crippen LogP contribution in [0.2, 0.25) is 0 Å². The molecule has 0 spiro atoms. The maximum Gasteiger partial charge on any atom is 0.127 e. The molecule has 2 N–H and O–H groups in total. The summed E-state index contributed by atoms with van der Waals surface area (Å²) in [5.41, 5.74) is 0.832. The Bertz CT molecular complexity index is 334. The van der Waals surface area contributed by atoms with Gasteiger partial charge >= 0.3 is 0 Å². The molecule has 0 saturated heterocycles. The van der Waals surface area contributed by atoms with Gasteiger partial charge in [0.1, 0.15) is 18.2 Å². The molecule has 0 atom stereocenters. The molecule has 0 fully saturated rings. The van der Waals surface area contributed by atoms with Crippen molar-refractivity contribution in [2.45, 2.75) is 6.54 Å². The molecular weight excluding hydrogens is 225 g/mol. The van der Waals surface area contributed by atoms with Crippen LogP contribution >= 0.6 is 0 Å². The molecular formula is C12H18FNO3. The Morgan fingerprint density at radius 2 is 2.06 bits per heavy atom. The number of aliphatic hydroxyl groups excluding tert-OH is 1. The van der Waals surface area contributed by atoms with Crippen molar-refractivity contribution in [1.82, 2.24) is 5.32 Å². The SMILES string of the molecule is CNCc1cc(F)cc(OCCOCCO)c1. The summed E-state index contributed by atoms with van der Waals surface area (Å²) in [7, 11) is 1.80. The number of halogens is 1. The van der Waals surface area contributed by atoms with Crippen LogP contribution in [0, 0.1) is 5.82 Å². The monoisotopic (exact) mass is 243 g/mol. The number of benzene rings is 1. The van der Waals surface area contributed by atoms with Crippen molar-refractivity contribution in [2.24, 2.45) is 0 Å². The Morgan fingerprint density at radius 3 is 2.76 bits per heavy atom. The molecule has 0 unspecified atom stereocenters. The van der Waals surface area contributed by atoms with Crippen LogP contribution in [0.15, 0.2) is 18.2 Å². The van der Waals surface area contributed by atoms with Crippen molar-refractivity contribution in [2.75, 3.05) is 33.5 Å². The lowest BCUT2D eigenvalue weighted by Crippen LogP contribution is -2.10. The zero-order chi connectivity index (χ0) is 12.5. The Kier molecular flexibility index (Phi) is 6.54. The second-order valence-electron chi connectivity index (χ2n) is 3.51. The third-order valence-electron chi connectivity index (χ3n) is 2.04. The molecule has 0 aromatic heterocycles. The summed E-state index contributed by atoms with van der Waals surface area (Å²) in [5.74, 6) is 0.173. The minimum absolute atomic E-state index is 0.00766. The maximum atomic E-state index is 13.2. The lowest BCUT2D eigenvalue weighted by molar-refractivity contribution is 0.0704. The number of rotatable bonds is 8. The first-order valence-corrected chi connectivity index (χ1v) is 5.51. The van der Waals surface area contributed by atoms with E-state index >= 15 is 0 Å². The molecule has 17 heavy (non-hydrogen) atoms. The van der Waals surface area contributed by atoms with Crippen molar-refractivity contribution in [3.05, 3.63) is 29.6 Å². The Balaban J connectivity index is 2.41. The van der Waals surface area contributed by atoms with Gasteiger partial charge in [0.15, 0.2) is 0 Å². The van der Waals surface area contributed by atoms with Gasteiger partial charge in [-0.25, -0.2) is 4.39 Å². The lowest BCUT2D eigenvalue weighted by Gasteiger charge is -2.08. The summed E-state index contributed by atoms with van der Waals surface area (Å²) in [6.07, 6.45) is 0. The molecule has 4 nitrogen and oxygen atoms in total. The van der Waals surface area contributed by atoms with E-state index in [0.29, 0.717) is 25.5 Å². The summed E-state index contributed by atoms with van der Waals surface area (Å²) in [4.78, 5) is 0. The first kappa shape index (κ1) is 13.9. The van der Waals surface area contributed by atoms with Crippen LogP contribution in [0.3, 0.4) is 0 Å². The minimum Gasteiger partial charge on any atom is -0.491 e. The van der Waals surface area contributed by atoms with Crippen LogP contribution in [0.25, 0.3) is 0 Å². The Morgan fingerprint density at radius 1 is 1.24 bits per heavy atom. The van der Waals surface area contributed by atoms with Crippen LogP contribution in [0.1, 0.15) is 5.56 Å². The van der Waals surface area contributed by atoms with Gasteiger partial charge in [-0.15, -0.1) is 0 Å². The van der Waals surface area contributed by atoms with Gasteiger partial charge in [0.05, 0.1) is 19.8 Å². The minimum atomic E-state index is -0.316. The van der Waals surface area contributed by atoms with E-state index in [1.165, 1.54) is 12.1 Å². The van der Waals surface area contributed by atoms with E-state index in [9.17, 15) is 4.39 Å². The van der Waals surface area contributed by atoms with Gasteiger partial charge in [0.25, 0.3) is 0 Å². The van der Waals surface area contributed by atoms with E-state index in [-0.39, 0.29) is 19.0 Å². The standard InChI is InChI=1S/C12H18FNO3/c1-14-9-10-6-11(13)8-12(7-10)17-5-4-16-3-2-15/h6-8,14-15H,2-5,9H2,1H3. The highest BCUT2D eigenvalue weighted by atomic mass is 19.1. The molecule has 1 aromatic carbocycles. The van der Waals surface area contributed by atoms with E-state index in [0.717, 1.165) is 5.56 Å². The fourth-order valence-corrected chi connectivity index (χ4v) is 1.40. The van der Waals surface area contributed by atoms with Crippen LogP contribution in [-0.2, 0) is 11.3 Å². The molecule has 0 heterocycles. The van der Waals surface area contributed by atoms with E-state index in [1.54, 1.807) is 13.1 Å². The fraction of sp³-hybridized carbons (Fsp3) is 0.500. The summed E-state index contributed by atoms with van der Waals surface area (Å²) < 4.78 is 23.6. The van der Waals surface area contributed by atoms with Crippen LogP contribution in [0.5, 0.6) is 5.75 Å². The fourth-order valence-electron chi connectivity index (χ4n) is 1.40. The molecule has 96 valence electrons. The van der Waals surface area contributed by atoms with Crippen LogP contribution in [-0.4, -0.2) is 38.6 Å². The highest BCUT2D eigenvalue weighted by Crippen LogP contribution is 2.16. The smallest absolute Gasteiger partial charge is 0.127 e. The largest absolute Gasteiger partial charge is 0.491 e. The molecule has 0 aliphatic rings. The second kappa shape index (κ2) is 8.00. The average molecular weight is 243 g/mol. The average Bonchev–Trinajstić information content (AvgIpc) is 2.28. The van der Waals surface area contributed by atoms with E-state index in [4.69, 9.17) is 14.6 Å². The summed E-state index contributed by atoms with van der Waals surface area (Å²) in [5, 5.41) is 11.4. The van der Waals surface area contributed by atoms with Gasteiger partial charge in [0.2, 0.25) is 0 Å². The summed E-state index contributed by atoms with van der Waals surface area (Å²) in [6, 6.07) is 4.59. The molecule has 5 heteroatoms. The van der Waals surface area contributed by atoms with Gasteiger partial charge in [-0.05, 0) is 24.7 Å². The van der Waals surface area contributed by atoms with Crippen LogP contribution in [0.4, 0.5) is 4.39 Å². The zero-order valence-electron chi connectivity index (χ0n) is 9.91. The zero-order valence-corrected chi connectivity index (χ0v) is 9.91. The van der Waals surface area contributed by atoms with E-state index in [1.807, 2.05) is 0 Å². The van der Waals surface area contributed by atoms with Gasteiger partial charge in [-0.3, -0.25) is 0 Å². The third-order valence-corrected chi connectivity index (χ3v) is 2.04. The van der Waals surface area contributed by atoms with Crippen molar-refractivity contribution < 1.29 is 19.0 Å². The molecule has 0 aliphatic carbocycles. The quantitative estimate of drug-likeness (QED) is 0.667. The summed E-state index contributed by atoms with van der Waals surface area (Å²) in [6.45, 7) is 1.58. The van der Waals surface area contributed by atoms with Gasteiger partial charge in [-0.1, -0.05) is 0 Å². The van der Waals surface area contributed by atoms with Crippen molar-refractivity contribution in [1.29, 1.82) is 0 Å². The maximum absolute atomic E-state index is 13.2. The number of hydrogen-bond acceptors (Lipinski definition) is 4. The topological polar surface area (TPSA) is 50.7 Å². The highest BCUT2D eigenvalue weighted by Gasteiger charge is 2.01. The predicted octanol–water partition coefficient (Wildman–Crippen LogP) is 0.933. The lowest BCUT2D eigenvalue weighted by atomic mass is 10.2. The molecule has 0 bridgehead atoms. The van der Waals surface area contributed by atoms with E-state index in [2.05, 4.69) is 5.32 Å². The predicted molar refractivity (Wildman–Crippen MR) is 62.6 cm³/mol. The van der Waals surface area contributed by atoms with Gasteiger partial charge in [0, 0.05) is 12.6 Å². The molecule has 0 radical (unpaired) electrons. The molecule has 0 saturated carbocycles. The molecule has 0 amide bonds. The second-order valence-corrected chi connectivity index (χ2v) is 3.51. The number of aliphatic hydroxyl groups is 1. The molecule has 1 aromatic rings. The highest BCUT2D eigenvalue weighted by molar-refractivity contribution is 5.29. The van der Waals surface area contributed by atoms with Crippen molar-refractivity contribution in [3.63, 3.8) is 0 Å². The van der Waals surface area contributed by atoms with E-state index < -0.39 is 0 Å². The van der Waals surface area contributed by atoms with Crippen molar-refractivity contribution >= 4 is 0 Å². The van der Waals surface area contributed by atoms with Crippen molar-refractivity contribution in [3.8, 4) is 5.75 Å². The number of ether oxygens (including phenoxy) is 2. The first-order valence-electron chi connectivity index (χ1n) is 5.51. The van der Waals surface area contributed by atoms with Gasteiger partial charge in [-0.2, -0.15) is 0 Å². The third kappa shape index (κ3) is 5.63. The Labute approximate surface area is 100 Å². The number of nitrogens with one attached hydrogen (secondary N) is 1. The summed E-state index contributed by atoms with van der Waals surface area (Å²) >= 11 is 0. The first-order chi connectivity index (χ1) is 8.26. The normalized spacial score (nSPS) is 10.5. The number of hydrogen-bond donors (Lipinski definition) is 2. The molecule has 1 rings (SSSR count). The molecule has 0 aliphatic heterocycles. The van der Waals surface area contributed by atoms with Gasteiger partial charge < -0.3 is 19.9 Å².